The lowest BCUT2D eigenvalue weighted by Crippen LogP contribution is -1.91. The van der Waals surface area contributed by atoms with Crippen molar-refractivity contribution in [3.8, 4) is 5.75 Å². The van der Waals surface area contributed by atoms with Gasteiger partial charge in [0.2, 0.25) is 0 Å². The molecule has 0 amide bonds. The molecular formula is C6H4Cl4O3S. The molecule has 1 rings (SSSR count). The first-order valence-electron chi connectivity index (χ1n) is 2.95. The van der Waals surface area contributed by atoms with E-state index in [9.17, 15) is 13.5 Å². The van der Waals surface area contributed by atoms with Gasteiger partial charge in [0.15, 0.2) is 5.75 Å². The molecule has 0 aliphatic carbocycles. The Morgan fingerprint density at radius 3 is 2.14 bits per heavy atom. The molecule has 0 aromatic heterocycles. The smallest absolute Gasteiger partial charge is 0.265 e. The van der Waals surface area contributed by atoms with Crippen LogP contribution in [0.25, 0.3) is 0 Å². The average Bonchev–Trinajstić information content (AvgIpc) is 1.94. The number of benzene rings is 1. The fourth-order valence-electron chi connectivity index (χ4n) is 0.728. The molecule has 0 unspecified atom stereocenters. The molecule has 0 bridgehead atoms. The van der Waals surface area contributed by atoms with Crippen LogP contribution in [-0.2, 0) is 9.05 Å². The summed E-state index contributed by atoms with van der Waals surface area (Å²) < 4.78 is 21.7. The molecule has 0 aliphatic rings. The zero-order chi connectivity index (χ0) is 10.2. The SMILES string of the molecule is Cl.O=S(=O)(Cl)c1cc(Cl)cc(Cl)c1O. The highest BCUT2D eigenvalue weighted by atomic mass is 35.7. The number of phenols is 1. The molecule has 0 fully saturated rings. The summed E-state index contributed by atoms with van der Waals surface area (Å²) in [6.07, 6.45) is 0. The molecule has 0 saturated carbocycles. The first-order valence-corrected chi connectivity index (χ1v) is 6.01. The van der Waals surface area contributed by atoms with Gasteiger partial charge in [-0.05, 0) is 12.1 Å². The molecule has 8 heteroatoms. The van der Waals surface area contributed by atoms with Crippen LogP contribution in [0.5, 0.6) is 5.75 Å². The standard InChI is InChI=1S/C6H3Cl3O3S.ClH/c7-3-1-4(8)6(10)5(2-3)13(9,11)12;/h1-2,10H;1H. The topological polar surface area (TPSA) is 54.4 Å². The number of hydrogen-bond acceptors (Lipinski definition) is 3. The predicted octanol–water partition coefficient (Wildman–Crippen LogP) is 3.05. The van der Waals surface area contributed by atoms with E-state index >= 15 is 0 Å². The van der Waals surface area contributed by atoms with E-state index < -0.39 is 19.7 Å². The van der Waals surface area contributed by atoms with Crippen molar-refractivity contribution in [2.45, 2.75) is 4.90 Å². The summed E-state index contributed by atoms with van der Waals surface area (Å²) in [5.41, 5.74) is 0. The van der Waals surface area contributed by atoms with Gasteiger partial charge >= 0.3 is 0 Å². The van der Waals surface area contributed by atoms with Gasteiger partial charge in [0, 0.05) is 15.7 Å². The van der Waals surface area contributed by atoms with Crippen LogP contribution in [0.4, 0.5) is 0 Å². The van der Waals surface area contributed by atoms with Crippen molar-refractivity contribution < 1.29 is 13.5 Å². The molecule has 3 nitrogen and oxygen atoms in total. The van der Waals surface area contributed by atoms with Crippen molar-refractivity contribution in [1.82, 2.24) is 0 Å². The largest absolute Gasteiger partial charge is 0.505 e. The normalized spacial score (nSPS) is 10.8. The Bertz CT molecular complexity index is 443. The molecule has 0 aliphatic heterocycles. The predicted molar refractivity (Wildman–Crippen MR) is 58.4 cm³/mol. The molecule has 0 atom stereocenters. The Morgan fingerprint density at radius 2 is 1.71 bits per heavy atom. The maximum absolute atomic E-state index is 10.8. The second kappa shape index (κ2) is 4.77. The lowest BCUT2D eigenvalue weighted by atomic mass is 10.3. The van der Waals surface area contributed by atoms with E-state index in [0.717, 1.165) is 6.07 Å². The van der Waals surface area contributed by atoms with Gasteiger partial charge in [0.1, 0.15) is 4.90 Å². The Labute approximate surface area is 101 Å². The highest BCUT2D eigenvalue weighted by Gasteiger charge is 2.18. The van der Waals surface area contributed by atoms with Crippen LogP contribution in [-0.4, -0.2) is 13.5 Å². The highest BCUT2D eigenvalue weighted by molar-refractivity contribution is 8.13. The Balaban J connectivity index is 0.00000169. The molecule has 14 heavy (non-hydrogen) atoms. The maximum atomic E-state index is 10.8. The first kappa shape index (κ1) is 14.1. The van der Waals surface area contributed by atoms with E-state index in [-0.39, 0.29) is 22.5 Å². The molecule has 0 radical (unpaired) electrons. The van der Waals surface area contributed by atoms with Crippen molar-refractivity contribution in [3.05, 3.63) is 22.2 Å². The van der Waals surface area contributed by atoms with Gasteiger partial charge in [-0.25, -0.2) is 8.42 Å². The minimum atomic E-state index is -4.03. The van der Waals surface area contributed by atoms with Crippen LogP contribution in [0.1, 0.15) is 0 Å². The summed E-state index contributed by atoms with van der Waals surface area (Å²) in [4.78, 5) is -0.494. The average molecular weight is 298 g/mol. The van der Waals surface area contributed by atoms with Crippen LogP contribution in [0.3, 0.4) is 0 Å². The molecule has 1 aromatic rings. The van der Waals surface area contributed by atoms with Gasteiger partial charge < -0.3 is 5.11 Å². The summed E-state index contributed by atoms with van der Waals surface area (Å²) >= 11 is 11.0. The lowest BCUT2D eigenvalue weighted by Gasteiger charge is -2.02. The molecular weight excluding hydrogens is 294 g/mol. The zero-order valence-electron chi connectivity index (χ0n) is 6.37. The van der Waals surface area contributed by atoms with Crippen LogP contribution in [0, 0.1) is 0 Å². The van der Waals surface area contributed by atoms with Crippen LogP contribution in [0.2, 0.25) is 10.0 Å². The molecule has 80 valence electrons. The molecule has 0 spiro atoms. The van der Waals surface area contributed by atoms with Gasteiger partial charge in [-0.15, -0.1) is 12.4 Å². The Morgan fingerprint density at radius 1 is 1.21 bits per heavy atom. The summed E-state index contributed by atoms with van der Waals surface area (Å²) in [5, 5.41) is 9.13. The third kappa shape index (κ3) is 3.07. The van der Waals surface area contributed by atoms with E-state index in [4.69, 9.17) is 33.9 Å². The summed E-state index contributed by atoms with van der Waals surface area (Å²) in [5.74, 6) is -0.596. The minimum Gasteiger partial charge on any atom is -0.505 e. The van der Waals surface area contributed by atoms with Gasteiger partial charge in [-0.2, -0.15) is 0 Å². The third-order valence-corrected chi connectivity index (χ3v) is 3.10. The maximum Gasteiger partial charge on any atom is 0.265 e. The summed E-state index contributed by atoms with van der Waals surface area (Å²) in [6.45, 7) is 0. The summed E-state index contributed by atoms with van der Waals surface area (Å²) in [6, 6.07) is 2.23. The number of aromatic hydroxyl groups is 1. The highest BCUT2D eigenvalue weighted by Crippen LogP contribution is 2.35. The fraction of sp³-hybridized carbons (Fsp3) is 0. The monoisotopic (exact) mass is 296 g/mol. The second-order valence-electron chi connectivity index (χ2n) is 2.17. The third-order valence-electron chi connectivity index (χ3n) is 1.26. The fourth-order valence-corrected chi connectivity index (χ4v) is 2.30. The lowest BCUT2D eigenvalue weighted by molar-refractivity contribution is 0.460. The number of hydrogen-bond donors (Lipinski definition) is 1. The molecule has 0 heterocycles. The van der Waals surface area contributed by atoms with E-state index in [1.165, 1.54) is 6.07 Å². The Kier molecular flexibility index (Phi) is 4.81. The van der Waals surface area contributed by atoms with Crippen molar-refractivity contribution in [2.24, 2.45) is 0 Å². The van der Waals surface area contributed by atoms with Crippen molar-refractivity contribution in [2.75, 3.05) is 0 Å². The number of halogens is 4. The minimum absolute atomic E-state index is 0. The van der Waals surface area contributed by atoms with Crippen LogP contribution >= 0.6 is 46.3 Å². The van der Waals surface area contributed by atoms with E-state index in [2.05, 4.69) is 0 Å². The number of phenolic OH excluding ortho intramolecular Hbond substituents is 1. The van der Waals surface area contributed by atoms with Gasteiger partial charge in [-0.3, -0.25) is 0 Å². The van der Waals surface area contributed by atoms with Gasteiger partial charge in [0.05, 0.1) is 5.02 Å². The van der Waals surface area contributed by atoms with Crippen molar-refractivity contribution >= 4 is 55.3 Å². The van der Waals surface area contributed by atoms with E-state index in [0.29, 0.717) is 0 Å². The van der Waals surface area contributed by atoms with Gasteiger partial charge in [-0.1, -0.05) is 23.2 Å². The van der Waals surface area contributed by atoms with Crippen LogP contribution < -0.4 is 0 Å². The molecule has 1 aromatic carbocycles. The molecule has 1 N–H and O–H groups in total. The zero-order valence-corrected chi connectivity index (χ0v) is 10.3. The summed E-state index contributed by atoms with van der Waals surface area (Å²) in [7, 11) is 0.978. The van der Waals surface area contributed by atoms with E-state index in [1.807, 2.05) is 0 Å². The van der Waals surface area contributed by atoms with Crippen molar-refractivity contribution in [1.29, 1.82) is 0 Å². The van der Waals surface area contributed by atoms with Crippen molar-refractivity contribution in [3.63, 3.8) is 0 Å². The number of rotatable bonds is 1. The van der Waals surface area contributed by atoms with Crippen LogP contribution in [0.15, 0.2) is 17.0 Å². The van der Waals surface area contributed by atoms with Gasteiger partial charge in [0.25, 0.3) is 9.05 Å². The van der Waals surface area contributed by atoms with E-state index in [1.54, 1.807) is 0 Å². The molecule has 0 saturated heterocycles. The first-order chi connectivity index (χ1) is 5.82. The Hall–Kier alpha value is 0.130. The second-order valence-corrected chi connectivity index (χ2v) is 5.55. The quantitative estimate of drug-likeness (QED) is 0.811.